The van der Waals surface area contributed by atoms with E-state index in [-0.39, 0.29) is 18.2 Å². The first-order chi connectivity index (χ1) is 11.2. The number of hydrogen-bond acceptors (Lipinski definition) is 3. The molecule has 3 nitrogen and oxygen atoms in total. The predicted molar refractivity (Wildman–Crippen MR) is 89.6 cm³/mol. The SMILES string of the molecule is CCOC1COB(c2ccc(-c3ccc(Cl)c(F)c3)cc2)OC1. The Bertz CT molecular complexity index is 657. The summed E-state index contributed by atoms with van der Waals surface area (Å²) in [4.78, 5) is 0. The molecule has 3 rings (SSSR count). The maximum atomic E-state index is 13.6. The molecule has 0 amide bonds. The van der Waals surface area contributed by atoms with Gasteiger partial charge in [0.15, 0.2) is 0 Å². The molecule has 120 valence electrons. The maximum Gasteiger partial charge on any atom is 0.494 e. The molecule has 0 saturated carbocycles. The van der Waals surface area contributed by atoms with Gasteiger partial charge in [0.1, 0.15) is 11.9 Å². The van der Waals surface area contributed by atoms with E-state index in [4.69, 9.17) is 25.6 Å². The Morgan fingerprint density at radius 2 is 1.78 bits per heavy atom. The maximum absolute atomic E-state index is 13.6. The molecule has 1 heterocycles. The van der Waals surface area contributed by atoms with Gasteiger partial charge in [-0.25, -0.2) is 4.39 Å². The molecule has 0 radical (unpaired) electrons. The molecule has 1 aliphatic rings. The van der Waals surface area contributed by atoms with Gasteiger partial charge in [-0.05, 0) is 35.6 Å². The first-order valence-corrected chi connectivity index (χ1v) is 7.95. The molecule has 1 fully saturated rings. The molecule has 0 N–H and O–H groups in total. The third-order valence-corrected chi connectivity index (χ3v) is 4.01. The van der Waals surface area contributed by atoms with E-state index < -0.39 is 5.82 Å². The van der Waals surface area contributed by atoms with E-state index in [1.807, 2.05) is 31.2 Å². The minimum absolute atomic E-state index is 0.00688. The van der Waals surface area contributed by atoms with E-state index in [2.05, 4.69) is 0 Å². The molecule has 1 saturated heterocycles. The van der Waals surface area contributed by atoms with Crippen molar-refractivity contribution >= 4 is 24.2 Å². The van der Waals surface area contributed by atoms with Gasteiger partial charge < -0.3 is 14.0 Å². The van der Waals surface area contributed by atoms with E-state index in [9.17, 15) is 4.39 Å². The molecule has 1 aliphatic heterocycles. The fraction of sp³-hybridized carbons (Fsp3) is 0.294. The predicted octanol–water partition coefficient (Wildman–Crippen LogP) is 3.29. The minimum atomic E-state index is -0.422. The van der Waals surface area contributed by atoms with Crippen LogP contribution >= 0.6 is 11.6 Å². The number of ether oxygens (including phenoxy) is 1. The number of halogens is 2. The first kappa shape index (κ1) is 16.5. The second-order valence-electron chi connectivity index (χ2n) is 5.33. The van der Waals surface area contributed by atoms with Crippen LogP contribution in [0.1, 0.15) is 6.92 Å². The Kier molecular flexibility index (Phi) is 5.33. The molecule has 0 aliphatic carbocycles. The smallest absolute Gasteiger partial charge is 0.404 e. The lowest BCUT2D eigenvalue weighted by Gasteiger charge is -2.27. The highest BCUT2D eigenvalue weighted by atomic mass is 35.5. The van der Waals surface area contributed by atoms with Gasteiger partial charge in [0, 0.05) is 6.61 Å². The van der Waals surface area contributed by atoms with E-state index in [0.717, 1.165) is 16.6 Å². The second kappa shape index (κ2) is 7.45. The normalized spacial score (nSPS) is 15.9. The van der Waals surface area contributed by atoms with Crippen molar-refractivity contribution in [3.8, 4) is 11.1 Å². The van der Waals surface area contributed by atoms with Gasteiger partial charge in [-0.15, -0.1) is 0 Å². The molecule has 2 aromatic rings. The minimum Gasteiger partial charge on any atom is -0.404 e. The van der Waals surface area contributed by atoms with Gasteiger partial charge in [-0.3, -0.25) is 0 Å². The summed E-state index contributed by atoms with van der Waals surface area (Å²) in [5.74, 6) is -0.422. The second-order valence-corrected chi connectivity index (χ2v) is 5.73. The highest BCUT2D eigenvalue weighted by Crippen LogP contribution is 2.23. The zero-order valence-electron chi connectivity index (χ0n) is 12.8. The Balaban J connectivity index is 1.69. The van der Waals surface area contributed by atoms with Crippen molar-refractivity contribution in [2.24, 2.45) is 0 Å². The van der Waals surface area contributed by atoms with Crippen LogP contribution in [0.15, 0.2) is 42.5 Å². The van der Waals surface area contributed by atoms with Crippen molar-refractivity contribution in [2.75, 3.05) is 19.8 Å². The molecule has 0 bridgehead atoms. The molecular formula is C17H17BClFO3. The van der Waals surface area contributed by atoms with Crippen LogP contribution in [0, 0.1) is 5.82 Å². The van der Waals surface area contributed by atoms with Crippen molar-refractivity contribution in [1.82, 2.24) is 0 Å². The van der Waals surface area contributed by atoms with Crippen molar-refractivity contribution in [2.45, 2.75) is 13.0 Å². The van der Waals surface area contributed by atoms with Crippen LogP contribution in [0.4, 0.5) is 4.39 Å². The average molecular weight is 335 g/mol. The highest BCUT2D eigenvalue weighted by molar-refractivity contribution is 6.61. The summed E-state index contributed by atoms with van der Waals surface area (Å²) in [6.45, 7) is 3.63. The fourth-order valence-corrected chi connectivity index (χ4v) is 2.64. The van der Waals surface area contributed by atoms with Gasteiger partial charge in [-0.1, -0.05) is 41.9 Å². The standard InChI is InChI=1S/C17H17BClFO3/c1-2-21-15-10-22-18(23-11-15)14-6-3-12(4-7-14)13-5-8-16(19)17(20)9-13/h3-9,15H,2,10-11H2,1H3. The van der Waals surface area contributed by atoms with Crippen molar-refractivity contribution in [3.05, 3.63) is 53.3 Å². The topological polar surface area (TPSA) is 27.7 Å². The quantitative estimate of drug-likeness (QED) is 0.803. The summed E-state index contributed by atoms with van der Waals surface area (Å²) in [6, 6.07) is 12.5. The van der Waals surface area contributed by atoms with Crippen molar-refractivity contribution < 1.29 is 18.4 Å². The summed E-state index contributed by atoms with van der Waals surface area (Å²) in [5, 5.41) is 0.123. The molecule has 0 unspecified atom stereocenters. The van der Waals surface area contributed by atoms with Crippen LogP contribution in [0.5, 0.6) is 0 Å². The lowest BCUT2D eigenvalue weighted by Crippen LogP contribution is -2.47. The third kappa shape index (κ3) is 3.93. The Morgan fingerprint density at radius 1 is 1.13 bits per heavy atom. The monoisotopic (exact) mass is 334 g/mol. The van der Waals surface area contributed by atoms with E-state index >= 15 is 0 Å². The summed E-state index contributed by atoms with van der Waals surface area (Å²) >= 11 is 5.71. The fourth-order valence-electron chi connectivity index (χ4n) is 2.52. The average Bonchev–Trinajstić information content (AvgIpc) is 2.59. The van der Waals surface area contributed by atoms with Crippen molar-refractivity contribution in [3.63, 3.8) is 0 Å². The third-order valence-electron chi connectivity index (χ3n) is 3.71. The lowest BCUT2D eigenvalue weighted by atomic mass is 9.77. The van der Waals surface area contributed by atoms with Crippen LogP contribution < -0.4 is 5.46 Å². The largest absolute Gasteiger partial charge is 0.494 e. The molecule has 2 aromatic carbocycles. The van der Waals surface area contributed by atoms with E-state index in [0.29, 0.717) is 19.8 Å². The zero-order chi connectivity index (χ0) is 16.2. The number of benzene rings is 2. The van der Waals surface area contributed by atoms with Crippen LogP contribution in [0.2, 0.25) is 5.02 Å². The van der Waals surface area contributed by atoms with Crippen LogP contribution in [-0.2, 0) is 14.0 Å². The highest BCUT2D eigenvalue weighted by Gasteiger charge is 2.29. The van der Waals surface area contributed by atoms with Crippen LogP contribution in [0.3, 0.4) is 0 Å². The molecule has 23 heavy (non-hydrogen) atoms. The van der Waals surface area contributed by atoms with Gasteiger partial charge in [-0.2, -0.15) is 0 Å². The lowest BCUT2D eigenvalue weighted by molar-refractivity contribution is -0.0376. The van der Waals surface area contributed by atoms with E-state index in [1.165, 1.54) is 6.07 Å². The zero-order valence-corrected chi connectivity index (χ0v) is 13.6. The molecule has 0 aromatic heterocycles. The summed E-state index contributed by atoms with van der Waals surface area (Å²) in [6.07, 6.45) is -0.00688. The molecule has 0 spiro atoms. The molecular weight excluding hydrogens is 317 g/mol. The van der Waals surface area contributed by atoms with Gasteiger partial charge in [0.2, 0.25) is 0 Å². The van der Waals surface area contributed by atoms with E-state index in [1.54, 1.807) is 12.1 Å². The Labute approximate surface area is 140 Å². The molecule has 0 atom stereocenters. The Hall–Kier alpha value is -1.40. The van der Waals surface area contributed by atoms with Crippen molar-refractivity contribution in [1.29, 1.82) is 0 Å². The van der Waals surface area contributed by atoms with Crippen LogP contribution in [-0.4, -0.2) is 33.0 Å². The molecule has 6 heteroatoms. The van der Waals surface area contributed by atoms with Gasteiger partial charge in [0.25, 0.3) is 0 Å². The first-order valence-electron chi connectivity index (χ1n) is 7.57. The van der Waals surface area contributed by atoms with Gasteiger partial charge >= 0.3 is 7.12 Å². The summed E-state index contributed by atoms with van der Waals surface area (Å²) in [5.41, 5.74) is 2.62. The van der Waals surface area contributed by atoms with Crippen LogP contribution in [0.25, 0.3) is 11.1 Å². The summed E-state index contributed by atoms with van der Waals surface area (Å²) < 4.78 is 30.4. The number of hydrogen-bond donors (Lipinski definition) is 0. The summed E-state index contributed by atoms with van der Waals surface area (Å²) in [7, 11) is -0.386. The Morgan fingerprint density at radius 3 is 2.39 bits per heavy atom. The number of rotatable bonds is 4. The van der Waals surface area contributed by atoms with Gasteiger partial charge in [0.05, 0.1) is 18.2 Å².